The Bertz CT molecular complexity index is 491. The number of hydrogen-bond acceptors (Lipinski definition) is 3. The topological polar surface area (TPSA) is 33.2 Å². The van der Waals surface area contributed by atoms with Crippen LogP contribution in [-0.2, 0) is 11.2 Å². The van der Waals surface area contributed by atoms with Crippen LogP contribution < -0.4 is 0 Å². The summed E-state index contributed by atoms with van der Waals surface area (Å²) < 4.78 is 0. The third kappa shape index (κ3) is 2.39. The lowest BCUT2D eigenvalue weighted by atomic mass is 9.69. The normalized spacial score (nSPS) is 33.5. The van der Waals surface area contributed by atoms with Gasteiger partial charge in [0, 0.05) is 30.3 Å². The maximum Gasteiger partial charge on any atom is 0.153 e. The van der Waals surface area contributed by atoms with Crippen molar-refractivity contribution in [2.45, 2.75) is 52.1 Å². The van der Waals surface area contributed by atoms with Crippen LogP contribution in [0.4, 0.5) is 0 Å². The number of hydrogen-bond donors (Lipinski definition) is 0. The van der Waals surface area contributed by atoms with Crippen LogP contribution in [0.15, 0.2) is 24.4 Å². The van der Waals surface area contributed by atoms with E-state index in [2.05, 4.69) is 30.7 Å². The van der Waals surface area contributed by atoms with Crippen LogP contribution >= 0.6 is 0 Å². The molecule has 3 nitrogen and oxygen atoms in total. The molecule has 3 fully saturated rings. The molecule has 0 radical (unpaired) electrons. The largest absolute Gasteiger partial charge is 0.298 e. The van der Waals surface area contributed by atoms with E-state index in [9.17, 15) is 4.79 Å². The van der Waals surface area contributed by atoms with Gasteiger partial charge in [-0.15, -0.1) is 0 Å². The van der Waals surface area contributed by atoms with E-state index in [0.29, 0.717) is 11.8 Å². The summed E-state index contributed by atoms with van der Waals surface area (Å²) >= 11 is 0. The van der Waals surface area contributed by atoms with E-state index in [0.717, 1.165) is 31.5 Å². The number of piperidine rings is 3. The summed E-state index contributed by atoms with van der Waals surface area (Å²) in [5, 5.41) is 0. The lowest BCUT2D eigenvalue weighted by Gasteiger charge is -2.53. The molecular weight excluding hydrogens is 248 g/mol. The summed E-state index contributed by atoms with van der Waals surface area (Å²) in [5.41, 5.74) is 1.27. The maximum absolute atomic E-state index is 12.6. The Morgan fingerprint density at radius 2 is 2.15 bits per heavy atom. The van der Waals surface area contributed by atoms with E-state index in [-0.39, 0.29) is 17.4 Å². The predicted octanol–water partition coefficient (Wildman–Crippen LogP) is 2.70. The van der Waals surface area contributed by atoms with E-state index >= 15 is 0 Å². The second kappa shape index (κ2) is 4.96. The smallest absolute Gasteiger partial charge is 0.153 e. The summed E-state index contributed by atoms with van der Waals surface area (Å²) in [4.78, 5) is 19.4. The lowest BCUT2D eigenvalue weighted by molar-refractivity contribution is -0.145. The highest BCUT2D eigenvalue weighted by molar-refractivity contribution is 5.88. The van der Waals surface area contributed by atoms with Gasteiger partial charge >= 0.3 is 0 Å². The lowest BCUT2D eigenvalue weighted by Crippen LogP contribution is -2.63. The van der Waals surface area contributed by atoms with Gasteiger partial charge in [0.25, 0.3) is 0 Å². The number of Topliss-reactive ketones (excluding diaryl/α,β-unsaturated/α-hetero) is 1. The molecule has 0 spiro atoms. The van der Waals surface area contributed by atoms with Gasteiger partial charge in [0.1, 0.15) is 0 Å². The molecule has 20 heavy (non-hydrogen) atoms. The first-order chi connectivity index (χ1) is 9.47. The monoisotopic (exact) mass is 272 g/mol. The number of rotatable bonds is 2. The summed E-state index contributed by atoms with van der Waals surface area (Å²) in [6.07, 6.45) is 4.67. The summed E-state index contributed by atoms with van der Waals surface area (Å²) in [6.45, 7) is 7.94. The second-order valence-electron chi connectivity index (χ2n) is 7.28. The molecule has 4 unspecified atom stereocenters. The fraction of sp³-hybridized carbons (Fsp3) is 0.647. The number of carbonyl (C=O) groups excluding carboxylic acids is 1. The van der Waals surface area contributed by atoms with Crippen LogP contribution in [0, 0.1) is 11.3 Å². The van der Waals surface area contributed by atoms with Crippen molar-refractivity contribution in [3.63, 3.8) is 0 Å². The standard InChI is InChI=1S/C17H24N2O/c1-17(2,3)15-10-12-7-9-19(15)14(16(12)20)11-13-6-4-5-8-18-13/h4-6,8,12,14-15H,7,9-11H2,1-3H3. The maximum atomic E-state index is 12.6. The van der Waals surface area contributed by atoms with Crippen molar-refractivity contribution in [1.82, 2.24) is 9.88 Å². The molecule has 4 rings (SSSR count). The molecule has 1 aromatic heterocycles. The van der Waals surface area contributed by atoms with Gasteiger partial charge in [-0.05, 0) is 36.9 Å². The van der Waals surface area contributed by atoms with Crippen molar-refractivity contribution >= 4 is 5.78 Å². The first kappa shape index (κ1) is 13.7. The Labute approximate surface area is 121 Å². The van der Waals surface area contributed by atoms with Crippen LogP contribution in [0.2, 0.25) is 0 Å². The minimum atomic E-state index is 0.0432. The molecule has 0 aliphatic carbocycles. The number of aromatic nitrogens is 1. The fourth-order valence-corrected chi connectivity index (χ4v) is 3.84. The van der Waals surface area contributed by atoms with E-state index in [1.807, 2.05) is 24.4 Å². The van der Waals surface area contributed by atoms with Crippen LogP contribution in [-0.4, -0.2) is 34.3 Å². The van der Waals surface area contributed by atoms with Gasteiger partial charge in [0.05, 0.1) is 6.04 Å². The minimum Gasteiger partial charge on any atom is -0.298 e. The van der Waals surface area contributed by atoms with Crippen LogP contribution in [0.3, 0.4) is 0 Å². The van der Waals surface area contributed by atoms with Gasteiger partial charge in [-0.1, -0.05) is 26.8 Å². The van der Waals surface area contributed by atoms with Gasteiger partial charge in [-0.25, -0.2) is 0 Å². The van der Waals surface area contributed by atoms with Crippen LogP contribution in [0.1, 0.15) is 39.3 Å². The molecule has 0 N–H and O–H groups in total. The van der Waals surface area contributed by atoms with Crippen LogP contribution in [0.5, 0.6) is 0 Å². The van der Waals surface area contributed by atoms with E-state index in [1.165, 1.54) is 0 Å². The molecule has 3 aliphatic heterocycles. The summed E-state index contributed by atoms with van der Waals surface area (Å²) in [7, 11) is 0. The Hall–Kier alpha value is -1.22. The third-order valence-electron chi connectivity index (χ3n) is 4.90. The van der Waals surface area contributed by atoms with E-state index < -0.39 is 0 Å². The Kier molecular flexibility index (Phi) is 3.41. The Morgan fingerprint density at radius 3 is 2.80 bits per heavy atom. The zero-order valence-electron chi connectivity index (χ0n) is 12.7. The van der Waals surface area contributed by atoms with Crippen molar-refractivity contribution < 1.29 is 4.79 Å². The van der Waals surface area contributed by atoms with Crippen molar-refractivity contribution in [3.8, 4) is 0 Å². The zero-order valence-corrected chi connectivity index (χ0v) is 12.7. The molecule has 1 aromatic rings. The fourth-order valence-electron chi connectivity index (χ4n) is 3.84. The highest BCUT2D eigenvalue weighted by Gasteiger charge is 2.49. The molecule has 4 atom stereocenters. The van der Waals surface area contributed by atoms with Crippen molar-refractivity contribution in [3.05, 3.63) is 30.1 Å². The average Bonchev–Trinajstić information content (AvgIpc) is 2.43. The highest BCUT2D eigenvalue weighted by Crippen LogP contribution is 2.41. The number of nitrogens with zero attached hydrogens (tertiary/aromatic N) is 2. The first-order valence-corrected chi connectivity index (χ1v) is 7.66. The van der Waals surface area contributed by atoms with Gasteiger partial charge < -0.3 is 0 Å². The predicted molar refractivity (Wildman–Crippen MR) is 79.4 cm³/mol. The van der Waals surface area contributed by atoms with Gasteiger partial charge in [0.15, 0.2) is 5.78 Å². The van der Waals surface area contributed by atoms with Crippen molar-refractivity contribution in [1.29, 1.82) is 0 Å². The Balaban J connectivity index is 1.84. The molecule has 2 bridgehead atoms. The van der Waals surface area contributed by atoms with E-state index in [4.69, 9.17) is 0 Å². The SMILES string of the molecule is CC(C)(C)C1CC2CCN1C(Cc1ccccn1)C2=O. The Morgan fingerprint density at radius 1 is 1.35 bits per heavy atom. The highest BCUT2D eigenvalue weighted by atomic mass is 16.1. The zero-order chi connectivity index (χ0) is 14.3. The first-order valence-electron chi connectivity index (χ1n) is 7.66. The summed E-state index contributed by atoms with van der Waals surface area (Å²) in [5.74, 6) is 0.723. The number of ketones is 1. The number of carbonyl (C=O) groups is 1. The molecule has 0 amide bonds. The molecule has 0 saturated carbocycles. The molecule has 108 valence electrons. The number of fused-ring (bicyclic) bond motifs is 3. The van der Waals surface area contributed by atoms with Gasteiger partial charge in [-0.2, -0.15) is 0 Å². The number of pyridine rings is 1. The molecular formula is C17H24N2O. The average molecular weight is 272 g/mol. The van der Waals surface area contributed by atoms with Crippen molar-refractivity contribution in [2.75, 3.05) is 6.54 Å². The van der Waals surface area contributed by atoms with Gasteiger partial charge in [0.2, 0.25) is 0 Å². The van der Waals surface area contributed by atoms with Gasteiger partial charge in [-0.3, -0.25) is 14.7 Å². The molecule has 4 heterocycles. The molecule has 3 saturated heterocycles. The second-order valence-corrected chi connectivity index (χ2v) is 7.28. The van der Waals surface area contributed by atoms with Crippen molar-refractivity contribution in [2.24, 2.45) is 11.3 Å². The third-order valence-corrected chi connectivity index (χ3v) is 4.90. The quantitative estimate of drug-likeness (QED) is 0.830. The molecule has 3 heteroatoms. The van der Waals surface area contributed by atoms with Crippen LogP contribution in [0.25, 0.3) is 0 Å². The minimum absolute atomic E-state index is 0.0432. The molecule has 0 aromatic carbocycles. The molecule has 3 aliphatic rings. The summed E-state index contributed by atoms with van der Waals surface area (Å²) in [6, 6.07) is 6.53. The van der Waals surface area contributed by atoms with E-state index in [1.54, 1.807) is 0 Å².